The monoisotopic (exact) mass is 413 g/mol. The first-order valence-electron chi connectivity index (χ1n) is 8.40. The lowest BCUT2D eigenvalue weighted by Gasteiger charge is -2.19. The normalized spacial score (nSPS) is 11.5. The lowest BCUT2D eigenvalue weighted by atomic mass is 10.2. The molecule has 0 aliphatic carbocycles. The molecule has 6 nitrogen and oxygen atoms in total. The number of carbonyl (C=O) groups excluding carboxylic acids is 1. The van der Waals surface area contributed by atoms with Crippen LogP contribution in [0, 0.1) is 6.92 Å². The molecular formula is C20H19N3O3S2. The van der Waals surface area contributed by atoms with Crippen molar-refractivity contribution in [3.63, 3.8) is 0 Å². The molecule has 1 heterocycles. The van der Waals surface area contributed by atoms with E-state index in [-0.39, 0.29) is 10.8 Å². The van der Waals surface area contributed by atoms with E-state index in [0.717, 1.165) is 10.4 Å². The van der Waals surface area contributed by atoms with Crippen LogP contribution in [-0.4, -0.2) is 27.6 Å². The molecule has 144 valence electrons. The summed E-state index contributed by atoms with van der Waals surface area (Å²) in [4.78, 5) is 13.3. The van der Waals surface area contributed by atoms with Crippen LogP contribution in [-0.2, 0) is 10.0 Å². The number of thiophene rings is 1. The third kappa shape index (κ3) is 4.47. The first kappa shape index (κ1) is 19.8. The Bertz CT molecular complexity index is 1070. The Morgan fingerprint density at radius 1 is 1.07 bits per heavy atom. The Balaban J connectivity index is 1.70. The van der Waals surface area contributed by atoms with Crippen LogP contribution in [0.2, 0.25) is 0 Å². The largest absolute Gasteiger partial charge is 0.271 e. The van der Waals surface area contributed by atoms with Crippen LogP contribution in [0.4, 0.5) is 5.69 Å². The van der Waals surface area contributed by atoms with E-state index in [1.807, 2.05) is 24.4 Å². The van der Waals surface area contributed by atoms with Crippen molar-refractivity contribution in [3.05, 3.63) is 82.0 Å². The first-order valence-corrected chi connectivity index (χ1v) is 10.7. The number of nitrogens with one attached hydrogen (secondary N) is 1. The summed E-state index contributed by atoms with van der Waals surface area (Å²) in [5.41, 5.74) is 4.28. The standard InChI is InChI=1S/C20H19N3O3S2/c1-15-5-11-19(12-6-15)28(25,26)23(2)17-9-7-16(8-10-17)20(24)22-21-14-18-4-3-13-27-18/h3-14H,1-2H3,(H,22,24)/b21-14-. The average Bonchev–Trinajstić information content (AvgIpc) is 3.21. The Morgan fingerprint density at radius 3 is 2.36 bits per heavy atom. The van der Waals surface area contributed by atoms with Crippen molar-refractivity contribution in [3.8, 4) is 0 Å². The maximum absolute atomic E-state index is 12.7. The third-order valence-corrected chi connectivity index (χ3v) is 6.68. The molecule has 0 aliphatic heterocycles. The molecule has 0 spiro atoms. The summed E-state index contributed by atoms with van der Waals surface area (Å²) in [6.07, 6.45) is 1.57. The SMILES string of the molecule is Cc1ccc(S(=O)(=O)N(C)c2ccc(C(=O)N/N=C\c3cccs3)cc2)cc1. The molecule has 0 bridgehead atoms. The summed E-state index contributed by atoms with van der Waals surface area (Å²) in [6.45, 7) is 1.90. The van der Waals surface area contributed by atoms with Crippen LogP contribution >= 0.6 is 11.3 Å². The van der Waals surface area contributed by atoms with E-state index in [4.69, 9.17) is 0 Å². The summed E-state index contributed by atoms with van der Waals surface area (Å²) in [5, 5.41) is 5.83. The van der Waals surface area contributed by atoms with Crippen LogP contribution in [0.3, 0.4) is 0 Å². The minimum Gasteiger partial charge on any atom is -0.269 e. The van der Waals surface area contributed by atoms with Gasteiger partial charge in [0.15, 0.2) is 0 Å². The molecule has 0 fully saturated rings. The fraction of sp³-hybridized carbons (Fsp3) is 0.100. The zero-order valence-corrected chi connectivity index (χ0v) is 17.0. The van der Waals surface area contributed by atoms with Gasteiger partial charge in [0.25, 0.3) is 15.9 Å². The number of amides is 1. The zero-order chi connectivity index (χ0) is 20.1. The molecule has 0 saturated heterocycles. The van der Waals surface area contributed by atoms with Crippen LogP contribution in [0.25, 0.3) is 0 Å². The number of hydrogen-bond donors (Lipinski definition) is 1. The van der Waals surface area contributed by atoms with Crippen molar-refractivity contribution in [2.24, 2.45) is 5.10 Å². The molecule has 1 amide bonds. The number of rotatable bonds is 6. The van der Waals surface area contributed by atoms with E-state index in [1.54, 1.807) is 54.7 Å². The molecule has 0 aliphatic rings. The molecule has 28 heavy (non-hydrogen) atoms. The van der Waals surface area contributed by atoms with Gasteiger partial charge < -0.3 is 0 Å². The minimum atomic E-state index is -3.67. The molecule has 3 rings (SSSR count). The van der Waals surface area contributed by atoms with Gasteiger partial charge >= 0.3 is 0 Å². The quantitative estimate of drug-likeness (QED) is 0.495. The lowest BCUT2D eigenvalue weighted by Crippen LogP contribution is -2.26. The van der Waals surface area contributed by atoms with Crippen molar-refractivity contribution < 1.29 is 13.2 Å². The number of aryl methyl sites for hydroxylation is 1. The maximum atomic E-state index is 12.7. The van der Waals surface area contributed by atoms with Crippen molar-refractivity contribution in [2.75, 3.05) is 11.4 Å². The van der Waals surface area contributed by atoms with E-state index in [1.165, 1.54) is 22.7 Å². The highest BCUT2D eigenvalue weighted by atomic mass is 32.2. The summed E-state index contributed by atoms with van der Waals surface area (Å²) < 4.78 is 26.7. The summed E-state index contributed by atoms with van der Waals surface area (Å²) in [6, 6.07) is 16.7. The van der Waals surface area contributed by atoms with E-state index in [2.05, 4.69) is 10.5 Å². The number of sulfonamides is 1. The fourth-order valence-corrected chi connectivity index (χ4v) is 4.19. The number of hydrazone groups is 1. The highest BCUT2D eigenvalue weighted by Crippen LogP contribution is 2.22. The van der Waals surface area contributed by atoms with Gasteiger partial charge in [-0.25, -0.2) is 13.8 Å². The van der Waals surface area contributed by atoms with Gasteiger partial charge in [0.2, 0.25) is 0 Å². The van der Waals surface area contributed by atoms with E-state index in [0.29, 0.717) is 11.3 Å². The number of benzene rings is 2. The van der Waals surface area contributed by atoms with Gasteiger partial charge in [-0.2, -0.15) is 5.10 Å². The molecule has 8 heteroatoms. The minimum absolute atomic E-state index is 0.213. The van der Waals surface area contributed by atoms with Gasteiger partial charge in [-0.3, -0.25) is 9.10 Å². The predicted molar refractivity (Wildman–Crippen MR) is 113 cm³/mol. The maximum Gasteiger partial charge on any atom is 0.271 e. The van der Waals surface area contributed by atoms with Crippen molar-refractivity contribution in [2.45, 2.75) is 11.8 Å². The second-order valence-electron chi connectivity index (χ2n) is 6.05. The van der Waals surface area contributed by atoms with E-state index in [9.17, 15) is 13.2 Å². The van der Waals surface area contributed by atoms with Crippen LogP contribution in [0.5, 0.6) is 0 Å². The molecule has 1 aromatic heterocycles. The van der Waals surface area contributed by atoms with Gasteiger partial charge in [-0.15, -0.1) is 11.3 Å². The molecular weight excluding hydrogens is 394 g/mol. The van der Waals surface area contributed by atoms with Crippen LogP contribution < -0.4 is 9.73 Å². The van der Waals surface area contributed by atoms with E-state index >= 15 is 0 Å². The summed E-state index contributed by atoms with van der Waals surface area (Å²) in [5.74, 6) is -0.372. The Hall–Kier alpha value is -2.97. The van der Waals surface area contributed by atoms with Gasteiger partial charge in [0.1, 0.15) is 0 Å². The Labute approximate surface area is 168 Å². The molecule has 0 saturated carbocycles. The lowest BCUT2D eigenvalue weighted by molar-refractivity contribution is 0.0955. The van der Waals surface area contributed by atoms with Crippen molar-refractivity contribution in [1.82, 2.24) is 5.43 Å². The topological polar surface area (TPSA) is 78.8 Å². The third-order valence-electron chi connectivity index (χ3n) is 4.07. The average molecular weight is 414 g/mol. The van der Waals surface area contributed by atoms with Gasteiger partial charge in [-0.05, 0) is 54.8 Å². The molecule has 0 atom stereocenters. The second-order valence-corrected chi connectivity index (χ2v) is 9.00. The van der Waals surface area contributed by atoms with Gasteiger partial charge in [0.05, 0.1) is 16.8 Å². The highest BCUT2D eigenvalue weighted by molar-refractivity contribution is 7.92. The van der Waals surface area contributed by atoms with E-state index < -0.39 is 10.0 Å². The molecule has 0 unspecified atom stereocenters. The van der Waals surface area contributed by atoms with Gasteiger partial charge in [0, 0.05) is 17.5 Å². The molecule has 1 N–H and O–H groups in total. The first-order chi connectivity index (χ1) is 13.4. The molecule has 0 radical (unpaired) electrons. The number of nitrogens with zero attached hydrogens (tertiary/aromatic N) is 2. The predicted octanol–water partition coefficient (Wildman–Crippen LogP) is 3.65. The van der Waals surface area contributed by atoms with Crippen molar-refractivity contribution >= 4 is 39.2 Å². The second kappa shape index (κ2) is 8.37. The van der Waals surface area contributed by atoms with Crippen molar-refractivity contribution in [1.29, 1.82) is 0 Å². The Kier molecular flexibility index (Phi) is 5.91. The number of hydrogen-bond acceptors (Lipinski definition) is 5. The highest BCUT2D eigenvalue weighted by Gasteiger charge is 2.21. The Morgan fingerprint density at radius 2 is 1.75 bits per heavy atom. The molecule has 3 aromatic rings. The van der Waals surface area contributed by atoms with Crippen LogP contribution in [0.1, 0.15) is 20.8 Å². The summed E-state index contributed by atoms with van der Waals surface area (Å²) in [7, 11) is -2.19. The van der Waals surface area contributed by atoms with Gasteiger partial charge in [-0.1, -0.05) is 23.8 Å². The molecule has 2 aromatic carbocycles. The van der Waals surface area contributed by atoms with Crippen LogP contribution in [0.15, 0.2) is 76.0 Å². The summed E-state index contributed by atoms with van der Waals surface area (Å²) >= 11 is 1.51. The number of carbonyl (C=O) groups is 1. The smallest absolute Gasteiger partial charge is 0.269 e. The zero-order valence-electron chi connectivity index (χ0n) is 15.4. The fourth-order valence-electron chi connectivity index (χ4n) is 2.41. The number of anilines is 1.